The smallest absolute Gasteiger partial charge is 0.268 e. The zero-order valence-electron chi connectivity index (χ0n) is 16.6. The summed E-state index contributed by atoms with van der Waals surface area (Å²) in [6.45, 7) is 6.53. The van der Waals surface area contributed by atoms with Crippen LogP contribution in [-0.4, -0.2) is 34.6 Å². The molecule has 0 spiro atoms. The first kappa shape index (κ1) is 20.3. The van der Waals surface area contributed by atoms with Gasteiger partial charge in [0.05, 0.1) is 23.2 Å². The number of thiazole rings is 1. The largest absolute Gasteiger partial charge is 0.391 e. The first-order chi connectivity index (χ1) is 13.4. The molecule has 4 N–H and O–H groups in total. The fraction of sp³-hybridized carbons (Fsp3) is 0.333. The minimum absolute atomic E-state index is 0.0420. The number of nitrogens with one attached hydrogen (secondary N) is 3. The second-order valence-electron chi connectivity index (χ2n) is 6.89. The number of benzene rings is 1. The Kier molecular flexibility index (Phi) is 6.28. The molecule has 0 aliphatic rings. The maximum Gasteiger partial charge on any atom is 0.268 e. The van der Waals surface area contributed by atoms with Crippen LogP contribution in [0.4, 0.5) is 0 Å². The number of aromatic nitrogens is 2. The minimum Gasteiger partial charge on any atom is -0.391 e. The Labute approximate surface area is 169 Å². The van der Waals surface area contributed by atoms with Gasteiger partial charge >= 0.3 is 0 Å². The predicted octanol–water partition coefficient (Wildman–Crippen LogP) is 3.25. The van der Waals surface area contributed by atoms with E-state index in [4.69, 9.17) is 0 Å². The second-order valence-corrected chi connectivity index (χ2v) is 8.00. The molecule has 0 saturated carbocycles. The van der Waals surface area contributed by atoms with Crippen LogP contribution in [0, 0.1) is 20.8 Å². The van der Waals surface area contributed by atoms with E-state index in [2.05, 4.69) is 52.6 Å². The summed E-state index contributed by atoms with van der Waals surface area (Å²) in [7, 11) is 1.83. The van der Waals surface area contributed by atoms with Gasteiger partial charge in [-0.05, 0) is 62.7 Å². The van der Waals surface area contributed by atoms with Gasteiger partial charge in [-0.3, -0.25) is 4.79 Å². The molecule has 1 unspecified atom stereocenters. The molecule has 0 fully saturated rings. The van der Waals surface area contributed by atoms with Crippen molar-refractivity contribution >= 4 is 17.2 Å². The highest BCUT2D eigenvalue weighted by molar-refractivity contribution is 7.11. The number of H-pyrrole nitrogens is 1. The van der Waals surface area contributed by atoms with Crippen LogP contribution in [0.25, 0.3) is 11.3 Å². The molecule has 3 aromatic rings. The highest BCUT2D eigenvalue weighted by Gasteiger charge is 2.21. The first-order valence-electron chi connectivity index (χ1n) is 9.22. The number of aromatic amines is 1. The summed E-state index contributed by atoms with van der Waals surface area (Å²) in [5, 5.41) is 16.3. The van der Waals surface area contributed by atoms with Gasteiger partial charge in [0.25, 0.3) is 5.91 Å². The third-order valence-electron chi connectivity index (χ3n) is 4.81. The van der Waals surface area contributed by atoms with Gasteiger partial charge in [0.15, 0.2) is 0 Å². The fourth-order valence-corrected chi connectivity index (χ4v) is 3.97. The van der Waals surface area contributed by atoms with Gasteiger partial charge in [0, 0.05) is 12.2 Å². The van der Waals surface area contributed by atoms with E-state index >= 15 is 0 Å². The fourth-order valence-electron chi connectivity index (χ4n) is 2.99. The second kappa shape index (κ2) is 8.68. The number of carbonyl (C=O) groups excluding carboxylic acids is 1. The lowest BCUT2D eigenvalue weighted by Gasteiger charge is -2.15. The molecular weight excluding hydrogens is 372 g/mol. The topological polar surface area (TPSA) is 90.0 Å². The minimum atomic E-state index is -0.269. The van der Waals surface area contributed by atoms with Gasteiger partial charge in [0.1, 0.15) is 10.7 Å². The SMILES string of the molecule is CNCC(NC(=O)c1ccc(-c2ccc(C)c(C)c2)[nH]1)c1nc(C)c(CO)s1. The molecule has 7 heteroatoms. The number of hydrogen-bond acceptors (Lipinski definition) is 5. The van der Waals surface area contributed by atoms with Crippen molar-refractivity contribution < 1.29 is 9.90 Å². The molecule has 0 aliphatic carbocycles. The molecule has 28 heavy (non-hydrogen) atoms. The van der Waals surface area contributed by atoms with Gasteiger partial charge in [-0.1, -0.05) is 12.1 Å². The Balaban J connectivity index is 1.78. The number of aliphatic hydroxyl groups excluding tert-OH is 1. The highest BCUT2D eigenvalue weighted by atomic mass is 32.1. The van der Waals surface area contributed by atoms with E-state index in [1.807, 2.05) is 20.0 Å². The predicted molar refractivity (Wildman–Crippen MR) is 113 cm³/mol. The Bertz CT molecular complexity index is 977. The van der Waals surface area contributed by atoms with E-state index in [0.717, 1.165) is 26.8 Å². The number of carbonyl (C=O) groups is 1. The molecule has 148 valence electrons. The quantitative estimate of drug-likeness (QED) is 0.492. The monoisotopic (exact) mass is 398 g/mol. The van der Waals surface area contributed by atoms with E-state index in [1.54, 1.807) is 6.07 Å². The van der Waals surface area contributed by atoms with Crippen molar-refractivity contribution in [3.8, 4) is 11.3 Å². The third kappa shape index (κ3) is 4.32. The number of aryl methyl sites for hydroxylation is 3. The number of hydrogen-bond donors (Lipinski definition) is 4. The Morgan fingerprint density at radius 2 is 2.00 bits per heavy atom. The summed E-state index contributed by atoms with van der Waals surface area (Å²) in [5.74, 6) is -0.186. The number of amides is 1. The zero-order valence-corrected chi connectivity index (χ0v) is 17.4. The molecule has 1 aromatic carbocycles. The van der Waals surface area contributed by atoms with E-state index in [1.165, 1.54) is 22.5 Å². The summed E-state index contributed by atoms with van der Waals surface area (Å²) in [4.78, 5) is 21.3. The van der Waals surface area contributed by atoms with Gasteiger partial charge in [0.2, 0.25) is 0 Å². The molecule has 0 radical (unpaired) electrons. The lowest BCUT2D eigenvalue weighted by Crippen LogP contribution is -2.34. The first-order valence-corrected chi connectivity index (χ1v) is 10.0. The highest BCUT2D eigenvalue weighted by Crippen LogP contribution is 2.25. The van der Waals surface area contributed by atoms with Crippen molar-refractivity contribution in [2.24, 2.45) is 0 Å². The molecule has 2 aromatic heterocycles. The van der Waals surface area contributed by atoms with Gasteiger partial charge in [-0.25, -0.2) is 4.98 Å². The van der Waals surface area contributed by atoms with Gasteiger partial charge in [-0.2, -0.15) is 0 Å². The van der Waals surface area contributed by atoms with E-state index in [-0.39, 0.29) is 18.6 Å². The van der Waals surface area contributed by atoms with Gasteiger partial charge in [-0.15, -0.1) is 11.3 Å². The normalized spacial score (nSPS) is 12.2. The molecule has 6 nitrogen and oxygen atoms in total. The van der Waals surface area contributed by atoms with Crippen molar-refractivity contribution in [2.75, 3.05) is 13.6 Å². The number of aliphatic hydroxyl groups is 1. The molecule has 0 aliphatic heterocycles. The van der Waals surface area contributed by atoms with Crippen LogP contribution in [-0.2, 0) is 6.61 Å². The summed E-state index contributed by atoms with van der Waals surface area (Å²) >= 11 is 1.42. The number of likely N-dealkylation sites (N-methyl/N-ethyl adjacent to an activating group) is 1. The molecule has 1 atom stereocenters. The standard InChI is InChI=1S/C21H26N4O2S/c1-12-5-6-15(9-13(12)2)16-7-8-17(24-16)20(27)25-18(10-22-4)21-23-14(3)19(11-26)28-21/h5-9,18,22,24,26H,10-11H2,1-4H3,(H,25,27). The molecule has 2 heterocycles. The van der Waals surface area contributed by atoms with Crippen LogP contribution in [0.2, 0.25) is 0 Å². The summed E-state index contributed by atoms with van der Waals surface area (Å²) in [6, 6.07) is 9.69. The summed E-state index contributed by atoms with van der Waals surface area (Å²) < 4.78 is 0. The van der Waals surface area contributed by atoms with Crippen molar-refractivity contribution in [3.05, 3.63) is 62.7 Å². The Morgan fingerprint density at radius 3 is 2.64 bits per heavy atom. The van der Waals surface area contributed by atoms with Crippen LogP contribution in [0.3, 0.4) is 0 Å². The van der Waals surface area contributed by atoms with Crippen LogP contribution >= 0.6 is 11.3 Å². The lowest BCUT2D eigenvalue weighted by molar-refractivity contribution is 0.0932. The van der Waals surface area contributed by atoms with E-state index < -0.39 is 0 Å². The molecule has 3 rings (SSSR count). The zero-order chi connectivity index (χ0) is 20.3. The molecule has 1 amide bonds. The average molecular weight is 399 g/mol. The van der Waals surface area contributed by atoms with Crippen LogP contribution < -0.4 is 10.6 Å². The molecular formula is C21H26N4O2S. The van der Waals surface area contributed by atoms with Gasteiger partial charge < -0.3 is 20.7 Å². The van der Waals surface area contributed by atoms with Crippen LogP contribution in [0.1, 0.15) is 43.2 Å². The summed E-state index contributed by atoms with van der Waals surface area (Å²) in [6.07, 6.45) is 0. The van der Waals surface area contributed by atoms with Crippen LogP contribution in [0.5, 0.6) is 0 Å². The Morgan fingerprint density at radius 1 is 1.21 bits per heavy atom. The number of rotatable bonds is 7. The molecule has 0 bridgehead atoms. The Hall–Kier alpha value is -2.48. The van der Waals surface area contributed by atoms with Crippen molar-refractivity contribution in [2.45, 2.75) is 33.4 Å². The maximum atomic E-state index is 12.8. The lowest BCUT2D eigenvalue weighted by atomic mass is 10.0. The molecule has 0 saturated heterocycles. The maximum absolute atomic E-state index is 12.8. The number of nitrogens with zero attached hydrogens (tertiary/aromatic N) is 1. The van der Waals surface area contributed by atoms with Crippen molar-refractivity contribution in [3.63, 3.8) is 0 Å². The average Bonchev–Trinajstić information content (AvgIpc) is 3.30. The van der Waals surface area contributed by atoms with Crippen molar-refractivity contribution in [1.82, 2.24) is 20.6 Å². The van der Waals surface area contributed by atoms with E-state index in [9.17, 15) is 9.90 Å². The van der Waals surface area contributed by atoms with Crippen molar-refractivity contribution in [1.29, 1.82) is 0 Å². The van der Waals surface area contributed by atoms with Crippen LogP contribution in [0.15, 0.2) is 30.3 Å². The third-order valence-corrected chi connectivity index (χ3v) is 6.07. The summed E-state index contributed by atoms with van der Waals surface area (Å²) in [5.41, 5.74) is 5.72. The van der Waals surface area contributed by atoms with E-state index in [0.29, 0.717) is 12.2 Å².